The number of halogens is 1. The smallest absolute Gasteiger partial charge is 0.268 e. The topological polar surface area (TPSA) is 104 Å². The first kappa shape index (κ1) is 22.9. The first-order valence-electron chi connectivity index (χ1n) is 11.0. The molecule has 176 valence electrons. The van der Waals surface area contributed by atoms with E-state index in [0.717, 1.165) is 24.3 Å². The molecule has 9 heteroatoms. The lowest BCUT2D eigenvalue weighted by atomic mass is 9.87. The summed E-state index contributed by atoms with van der Waals surface area (Å²) in [5.74, 6) is -0.531. The van der Waals surface area contributed by atoms with Gasteiger partial charge in [-0.15, -0.1) is 0 Å². The van der Waals surface area contributed by atoms with E-state index in [-0.39, 0.29) is 17.0 Å². The Kier molecular flexibility index (Phi) is 5.64. The zero-order valence-electron chi connectivity index (χ0n) is 18.3. The van der Waals surface area contributed by atoms with Crippen LogP contribution in [0.1, 0.15) is 29.5 Å². The number of anilines is 2. The van der Waals surface area contributed by atoms with Gasteiger partial charge >= 0.3 is 0 Å². The summed E-state index contributed by atoms with van der Waals surface area (Å²) in [6, 6.07) is 18.4. The molecular formula is C25H24ClN3O4S. The Balaban J connectivity index is 1.50. The molecule has 3 aromatic carbocycles. The van der Waals surface area contributed by atoms with E-state index in [1.165, 1.54) is 42.0 Å². The number of primary sulfonamides is 1. The molecule has 0 aliphatic carbocycles. The van der Waals surface area contributed by atoms with Crippen LogP contribution in [-0.4, -0.2) is 32.5 Å². The Bertz CT molecular complexity index is 1350. The predicted octanol–water partition coefficient (Wildman–Crippen LogP) is 3.37. The number of aliphatic hydroxyl groups is 1. The molecule has 0 aromatic heterocycles. The highest BCUT2D eigenvalue weighted by Crippen LogP contribution is 2.46. The number of hydrogen-bond acceptors (Lipinski definition) is 5. The molecule has 3 aromatic rings. The fraction of sp³-hybridized carbons (Fsp3) is 0.240. The van der Waals surface area contributed by atoms with Gasteiger partial charge < -0.3 is 14.9 Å². The molecule has 2 aliphatic heterocycles. The lowest BCUT2D eigenvalue weighted by Crippen LogP contribution is -2.40. The maximum Gasteiger partial charge on any atom is 0.268 e. The van der Waals surface area contributed by atoms with Gasteiger partial charge in [0.1, 0.15) is 0 Å². The van der Waals surface area contributed by atoms with Crippen LogP contribution >= 0.6 is 11.6 Å². The van der Waals surface area contributed by atoms with Gasteiger partial charge in [-0.1, -0.05) is 35.9 Å². The Morgan fingerprint density at radius 2 is 1.62 bits per heavy atom. The van der Waals surface area contributed by atoms with E-state index in [0.29, 0.717) is 16.3 Å². The lowest BCUT2D eigenvalue weighted by molar-refractivity contribution is -0.132. The van der Waals surface area contributed by atoms with Crippen molar-refractivity contribution in [2.45, 2.75) is 29.9 Å². The van der Waals surface area contributed by atoms with Crippen LogP contribution in [-0.2, 0) is 27.0 Å². The molecule has 3 N–H and O–H groups in total. The van der Waals surface area contributed by atoms with Crippen molar-refractivity contribution >= 4 is 38.9 Å². The summed E-state index contributed by atoms with van der Waals surface area (Å²) in [5.41, 5.74) is 1.21. The van der Waals surface area contributed by atoms with E-state index in [9.17, 15) is 18.3 Å². The van der Waals surface area contributed by atoms with Crippen LogP contribution in [0.25, 0.3) is 0 Å². The van der Waals surface area contributed by atoms with Crippen LogP contribution < -0.4 is 14.9 Å². The molecule has 2 heterocycles. The summed E-state index contributed by atoms with van der Waals surface area (Å²) in [6.45, 7) is 2.37. The second kappa shape index (κ2) is 8.39. The fourth-order valence-electron chi connectivity index (χ4n) is 4.75. The van der Waals surface area contributed by atoms with Crippen molar-refractivity contribution in [3.63, 3.8) is 0 Å². The number of hydrogen-bond donors (Lipinski definition) is 2. The van der Waals surface area contributed by atoms with Crippen molar-refractivity contribution in [3.8, 4) is 0 Å². The molecule has 1 atom stereocenters. The summed E-state index contributed by atoms with van der Waals surface area (Å²) in [6.07, 6.45) is 2.39. The highest BCUT2D eigenvalue weighted by Gasteiger charge is 2.51. The van der Waals surface area contributed by atoms with Gasteiger partial charge in [0.25, 0.3) is 5.91 Å². The third-order valence-corrected chi connectivity index (χ3v) is 7.71. The third-order valence-electron chi connectivity index (χ3n) is 6.54. The van der Waals surface area contributed by atoms with Crippen molar-refractivity contribution in [1.29, 1.82) is 0 Å². The number of benzene rings is 3. The summed E-state index contributed by atoms with van der Waals surface area (Å²) in [5, 5.41) is 17.3. The van der Waals surface area contributed by atoms with Crippen molar-refractivity contribution < 1.29 is 18.3 Å². The molecule has 0 saturated carbocycles. The van der Waals surface area contributed by atoms with Crippen LogP contribution in [0.2, 0.25) is 5.02 Å². The molecule has 1 unspecified atom stereocenters. The minimum absolute atomic E-state index is 0.105. The third kappa shape index (κ3) is 3.86. The first-order valence-corrected chi connectivity index (χ1v) is 12.9. The molecule has 1 amide bonds. The number of nitrogens with zero attached hydrogens (tertiary/aromatic N) is 2. The van der Waals surface area contributed by atoms with Crippen LogP contribution in [0.3, 0.4) is 0 Å². The summed E-state index contributed by atoms with van der Waals surface area (Å²) >= 11 is 6.22. The van der Waals surface area contributed by atoms with E-state index < -0.39 is 21.5 Å². The zero-order valence-corrected chi connectivity index (χ0v) is 19.9. The normalized spacial score (nSPS) is 20.1. The van der Waals surface area contributed by atoms with E-state index in [1.54, 1.807) is 18.2 Å². The molecule has 5 rings (SSSR count). The summed E-state index contributed by atoms with van der Waals surface area (Å²) < 4.78 is 23.3. The number of amides is 1. The van der Waals surface area contributed by atoms with Gasteiger partial charge in [-0.3, -0.25) is 4.79 Å². The van der Waals surface area contributed by atoms with E-state index in [2.05, 4.69) is 17.0 Å². The SMILES string of the molecule is NS(=O)(=O)c1ccc(C2(O)C(=O)N(Cc3ccc(N4CCCC4)cc3)c3ccc(Cl)cc32)cc1. The van der Waals surface area contributed by atoms with Crippen molar-refractivity contribution in [1.82, 2.24) is 0 Å². The van der Waals surface area contributed by atoms with Crippen molar-refractivity contribution in [2.75, 3.05) is 22.9 Å². The van der Waals surface area contributed by atoms with E-state index in [4.69, 9.17) is 16.7 Å². The van der Waals surface area contributed by atoms with Gasteiger partial charge in [0.05, 0.1) is 17.1 Å². The van der Waals surface area contributed by atoms with Crippen molar-refractivity contribution in [2.24, 2.45) is 5.14 Å². The summed E-state index contributed by atoms with van der Waals surface area (Å²) in [4.78, 5) is 17.4. The molecule has 0 bridgehead atoms. The Labute approximate surface area is 203 Å². The number of sulfonamides is 1. The van der Waals surface area contributed by atoms with E-state index >= 15 is 0 Å². The highest BCUT2D eigenvalue weighted by atomic mass is 35.5. The number of rotatable bonds is 5. The maximum absolute atomic E-state index is 13.6. The maximum atomic E-state index is 13.6. The number of nitrogens with two attached hydrogens (primary N) is 1. The Morgan fingerprint density at radius 3 is 2.24 bits per heavy atom. The Hall–Kier alpha value is -2.91. The number of fused-ring (bicyclic) bond motifs is 1. The number of carbonyl (C=O) groups is 1. The van der Waals surface area contributed by atoms with Crippen LogP contribution in [0.5, 0.6) is 0 Å². The molecule has 2 aliphatic rings. The average Bonchev–Trinajstić information content (AvgIpc) is 3.42. The molecule has 34 heavy (non-hydrogen) atoms. The second-order valence-electron chi connectivity index (χ2n) is 8.69. The van der Waals surface area contributed by atoms with Gasteiger partial charge in [-0.25, -0.2) is 13.6 Å². The molecule has 0 radical (unpaired) electrons. The van der Waals surface area contributed by atoms with Crippen molar-refractivity contribution in [3.05, 3.63) is 88.4 Å². The van der Waals surface area contributed by atoms with E-state index in [1.807, 2.05) is 12.1 Å². The molecule has 0 spiro atoms. The largest absolute Gasteiger partial charge is 0.372 e. The van der Waals surface area contributed by atoms with Gasteiger partial charge in [-0.2, -0.15) is 0 Å². The van der Waals surface area contributed by atoms with Gasteiger partial charge in [-0.05, 0) is 66.4 Å². The van der Waals surface area contributed by atoms with Gasteiger partial charge in [0.2, 0.25) is 10.0 Å². The highest BCUT2D eigenvalue weighted by molar-refractivity contribution is 7.89. The fourth-order valence-corrected chi connectivity index (χ4v) is 5.43. The second-order valence-corrected chi connectivity index (χ2v) is 10.7. The molecule has 1 fully saturated rings. The predicted molar refractivity (Wildman–Crippen MR) is 131 cm³/mol. The van der Waals surface area contributed by atoms with Crippen LogP contribution in [0.15, 0.2) is 71.6 Å². The monoisotopic (exact) mass is 497 g/mol. The molecule has 1 saturated heterocycles. The minimum Gasteiger partial charge on any atom is -0.372 e. The quantitative estimate of drug-likeness (QED) is 0.562. The average molecular weight is 498 g/mol. The molecular weight excluding hydrogens is 474 g/mol. The lowest BCUT2D eigenvalue weighted by Gasteiger charge is -2.24. The number of carbonyl (C=O) groups excluding carboxylic acids is 1. The van der Waals surface area contributed by atoms with Gasteiger partial charge in [0, 0.05) is 29.4 Å². The van der Waals surface area contributed by atoms with Gasteiger partial charge in [0.15, 0.2) is 5.60 Å². The first-order chi connectivity index (χ1) is 16.2. The summed E-state index contributed by atoms with van der Waals surface area (Å²) in [7, 11) is -3.91. The standard InChI is InChI=1S/C25H24ClN3O4S/c26-19-7-12-23-22(15-19)25(31,18-5-10-21(11-6-18)34(27,32)33)24(30)29(23)16-17-3-8-20(9-4-17)28-13-1-2-14-28/h3-12,15,31H,1-2,13-14,16H2,(H2,27,32,33). The Morgan fingerprint density at radius 1 is 0.971 bits per heavy atom. The van der Waals surface area contributed by atoms with Crippen LogP contribution in [0, 0.1) is 0 Å². The minimum atomic E-state index is -3.91. The zero-order chi connectivity index (χ0) is 24.1. The molecule has 7 nitrogen and oxygen atoms in total. The van der Waals surface area contributed by atoms with Crippen LogP contribution in [0.4, 0.5) is 11.4 Å².